The molecule has 17 heavy (non-hydrogen) atoms. The van der Waals surface area contributed by atoms with Crippen molar-refractivity contribution in [3.05, 3.63) is 39.5 Å². The molecule has 2 nitrogen and oxygen atoms in total. The number of halogens is 2. The third kappa shape index (κ3) is 2.39. The molecule has 4 heteroatoms. The molecule has 0 aliphatic rings. The third-order valence-electron chi connectivity index (χ3n) is 2.75. The summed E-state index contributed by atoms with van der Waals surface area (Å²) in [5.74, 6) is 0.344. The van der Waals surface area contributed by atoms with Crippen LogP contribution in [0.15, 0.2) is 18.2 Å². The average Bonchev–Trinajstić information content (AvgIpc) is 2.27. The van der Waals surface area contributed by atoms with Gasteiger partial charge in [-0.25, -0.2) is 0 Å². The van der Waals surface area contributed by atoms with Gasteiger partial charge >= 0.3 is 0 Å². The van der Waals surface area contributed by atoms with E-state index in [0.717, 1.165) is 22.2 Å². The molecule has 0 radical (unpaired) electrons. The molecule has 0 spiro atoms. The number of hydrogen-bond acceptors (Lipinski definition) is 2. The number of hydrogen-bond donors (Lipinski definition) is 1. The summed E-state index contributed by atoms with van der Waals surface area (Å²) in [6.07, 6.45) is 0. The molecule has 2 N–H and O–H groups in total. The van der Waals surface area contributed by atoms with Crippen LogP contribution in [0.2, 0.25) is 10.0 Å². The molecule has 0 aliphatic carbocycles. The maximum Gasteiger partial charge on any atom is 0.0895 e. The van der Waals surface area contributed by atoms with E-state index in [1.54, 1.807) is 6.07 Å². The van der Waals surface area contributed by atoms with Gasteiger partial charge in [0, 0.05) is 22.6 Å². The Kier molecular flexibility index (Phi) is 3.57. The van der Waals surface area contributed by atoms with E-state index in [0.29, 0.717) is 22.5 Å². The molecule has 0 saturated heterocycles. The summed E-state index contributed by atoms with van der Waals surface area (Å²) >= 11 is 12.2. The maximum atomic E-state index is 6.18. The van der Waals surface area contributed by atoms with Gasteiger partial charge in [0.25, 0.3) is 0 Å². The Morgan fingerprint density at radius 3 is 2.53 bits per heavy atom. The van der Waals surface area contributed by atoms with E-state index in [1.165, 1.54) is 0 Å². The Balaban J connectivity index is 2.82. The summed E-state index contributed by atoms with van der Waals surface area (Å²) in [6.45, 7) is 4.64. The molecule has 0 aliphatic heterocycles. The molecule has 0 saturated carbocycles. The highest BCUT2D eigenvalue weighted by Gasteiger charge is 2.11. The van der Waals surface area contributed by atoms with Crippen LogP contribution in [-0.2, 0) is 6.54 Å². The Morgan fingerprint density at radius 2 is 1.94 bits per heavy atom. The summed E-state index contributed by atoms with van der Waals surface area (Å²) in [7, 11) is 0. The van der Waals surface area contributed by atoms with E-state index >= 15 is 0 Å². The molecule has 2 aromatic rings. The third-order valence-corrected chi connectivity index (χ3v) is 3.25. The van der Waals surface area contributed by atoms with Crippen LogP contribution in [0.3, 0.4) is 0 Å². The van der Waals surface area contributed by atoms with E-state index in [1.807, 2.05) is 12.1 Å². The lowest BCUT2D eigenvalue weighted by molar-refractivity contribution is 0.825. The second-order valence-electron chi connectivity index (χ2n) is 4.35. The fraction of sp³-hybridized carbons (Fsp3) is 0.308. The van der Waals surface area contributed by atoms with Gasteiger partial charge < -0.3 is 5.73 Å². The Morgan fingerprint density at radius 1 is 1.24 bits per heavy atom. The second-order valence-corrected chi connectivity index (χ2v) is 5.19. The zero-order valence-electron chi connectivity index (χ0n) is 9.80. The largest absolute Gasteiger partial charge is 0.326 e. The molecule has 0 unspecified atom stereocenters. The molecule has 0 amide bonds. The zero-order valence-corrected chi connectivity index (χ0v) is 11.3. The van der Waals surface area contributed by atoms with Gasteiger partial charge in [-0.05, 0) is 29.7 Å². The molecule has 1 aromatic heterocycles. The monoisotopic (exact) mass is 268 g/mol. The predicted octanol–water partition coefficient (Wildman–Crippen LogP) is 4.12. The van der Waals surface area contributed by atoms with E-state index < -0.39 is 0 Å². The van der Waals surface area contributed by atoms with Gasteiger partial charge in [0.15, 0.2) is 0 Å². The smallest absolute Gasteiger partial charge is 0.0895 e. The summed E-state index contributed by atoms with van der Waals surface area (Å²) in [5, 5.41) is 2.12. The van der Waals surface area contributed by atoms with Gasteiger partial charge in [-0.3, -0.25) is 4.98 Å². The fourth-order valence-corrected chi connectivity index (χ4v) is 2.34. The molecule has 1 heterocycles. The topological polar surface area (TPSA) is 38.9 Å². The lowest BCUT2D eigenvalue weighted by Crippen LogP contribution is -2.02. The summed E-state index contributed by atoms with van der Waals surface area (Å²) in [6, 6.07) is 5.60. The van der Waals surface area contributed by atoms with Crippen molar-refractivity contribution in [3.63, 3.8) is 0 Å². The molecule has 0 fully saturated rings. The van der Waals surface area contributed by atoms with Crippen molar-refractivity contribution in [2.75, 3.05) is 0 Å². The minimum absolute atomic E-state index is 0.344. The number of pyridine rings is 1. The first-order valence-corrected chi connectivity index (χ1v) is 6.27. The van der Waals surface area contributed by atoms with Gasteiger partial charge in [-0.1, -0.05) is 37.0 Å². The second kappa shape index (κ2) is 4.81. The van der Waals surface area contributed by atoms with Crippen molar-refractivity contribution in [2.24, 2.45) is 5.73 Å². The first-order valence-electron chi connectivity index (χ1n) is 5.51. The number of aromatic nitrogens is 1. The molecule has 0 bridgehead atoms. The van der Waals surface area contributed by atoms with Gasteiger partial charge in [0.2, 0.25) is 0 Å². The van der Waals surface area contributed by atoms with E-state index in [2.05, 4.69) is 18.8 Å². The van der Waals surface area contributed by atoms with Gasteiger partial charge in [0.05, 0.1) is 10.5 Å². The highest BCUT2D eigenvalue weighted by atomic mass is 35.5. The van der Waals surface area contributed by atoms with Crippen LogP contribution >= 0.6 is 23.2 Å². The Labute approximate surface area is 111 Å². The van der Waals surface area contributed by atoms with Crippen molar-refractivity contribution in [1.82, 2.24) is 4.98 Å². The Bertz CT molecular complexity index is 565. The predicted molar refractivity (Wildman–Crippen MR) is 73.7 cm³/mol. The van der Waals surface area contributed by atoms with Gasteiger partial charge in [0.1, 0.15) is 0 Å². The van der Waals surface area contributed by atoms with Crippen molar-refractivity contribution in [2.45, 2.75) is 26.3 Å². The van der Waals surface area contributed by atoms with Crippen LogP contribution in [0.1, 0.15) is 31.0 Å². The lowest BCUT2D eigenvalue weighted by atomic mass is 10.0. The number of nitrogens with zero attached hydrogens (tertiary/aromatic N) is 1. The number of nitrogens with two attached hydrogens (primary N) is 1. The van der Waals surface area contributed by atoms with Crippen molar-refractivity contribution >= 4 is 34.1 Å². The van der Waals surface area contributed by atoms with E-state index in [4.69, 9.17) is 28.9 Å². The first-order chi connectivity index (χ1) is 8.02. The van der Waals surface area contributed by atoms with Crippen molar-refractivity contribution < 1.29 is 0 Å². The Hall–Kier alpha value is -0.830. The highest BCUT2D eigenvalue weighted by molar-refractivity contribution is 6.38. The van der Waals surface area contributed by atoms with Gasteiger partial charge in [-0.15, -0.1) is 0 Å². The van der Waals surface area contributed by atoms with Crippen molar-refractivity contribution in [3.8, 4) is 0 Å². The number of rotatable bonds is 2. The van der Waals surface area contributed by atoms with E-state index in [-0.39, 0.29) is 0 Å². The molecule has 1 aromatic carbocycles. The highest BCUT2D eigenvalue weighted by Crippen LogP contribution is 2.30. The van der Waals surface area contributed by atoms with E-state index in [9.17, 15) is 0 Å². The number of fused-ring (bicyclic) bond motifs is 1. The summed E-state index contributed by atoms with van der Waals surface area (Å²) < 4.78 is 0. The van der Waals surface area contributed by atoms with Crippen LogP contribution in [0, 0.1) is 0 Å². The molecule has 2 rings (SSSR count). The van der Waals surface area contributed by atoms with Gasteiger partial charge in [-0.2, -0.15) is 0 Å². The lowest BCUT2D eigenvalue weighted by Gasteiger charge is -2.11. The quantitative estimate of drug-likeness (QED) is 0.890. The minimum atomic E-state index is 0.344. The standard InChI is InChI=1S/C13H14Cl2N2/c1-7(2)12-3-8(6-16)10-4-9(14)5-11(15)13(10)17-12/h3-5,7H,6,16H2,1-2H3. The van der Waals surface area contributed by atoms with Crippen LogP contribution in [0.25, 0.3) is 10.9 Å². The van der Waals surface area contributed by atoms with Crippen LogP contribution in [0.4, 0.5) is 0 Å². The molecular formula is C13H14Cl2N2. The average molecular weight is 269 g/mol. The summed E-state index contributed by atoms with van der Waals surface area (Å²) in [4.78, 5) is 4.58. The zero-order chi connectivity index (χ0) is 12.6. The summed E-state index contributed by atoms with van der Waals surface area (Å²) in [5.41, 5.74) is 8.58. The molecule has 90 valence electrons. The molecular weight excluding hydrogens is 255 g/mol. The van der Waals surface area contributed by atoms with Crippen molar-refractivity contribution in [1.29, 1.82) is 0 Å². The number of benzene rings is 1. The fourth-order valence-electron chi connectivity index (χ4n) is 1.81. The first kappa shape index (κ1) is 12.6. The molecule has 0 atom stereocenters. The SMILES string of the molecule is CC(C)c1cc(CN)c2cc(Cl)cc(Cl)c2n1. The van der Waals surface area contributed by atoms with Crippen LogP contribution in [0.5, 0.6) is 0 Å². The van der Waals surface area contributed by atoms with Crippen LogP contribution in [-0.4, -0.2) is 4.98 Å². The minimum Gasteiger partial charge on any atom is -0.326 e. The maximum absolute atomic E-state index is 6.18. The normalized spacial score (nSPS) is 11.4. The van der Waals surface area contributed by atoms with Crippen LogP contribution < -0.4 is 5.73 Å².